The molecule has 5 heteroatoms. The third-order valence-electron chi connectivity index (χ3n) is 8.53. The van der Waals surface area contributed by atoms with Gasteiger partial charge in [-0.25, -0.2) is 4.98 Å². The summed E-state index contributed by atoms with van der Waals surface area (Å²) < 4.78 is 9.08. The molecule has 1 aromatic heterocycles. The van der Waals surface area contributed by atoms with Crippen molar-refractivity contribution in [2.24, 2.45) is 5.92 Å². The molecule has 0 bridgehead atoms. The SMILES string of the molecule is C=C(Cl)C(O[Si](C)(C)C(C)(C)C(C)C)c1cn(C(c2ccccc2)(c2ccccc2)c2ccccc2)cn1. The first-order valence-electron chi connectivity index (χ1n) is 13.2. The second-order valence-corrected chi connectivity index (χ2v) is 16.4. The van der Waals surface area contributed by atoms with Crippen LogP contribution in [0.15, 0.2) is 115 Å². The van der Waals surface area contributed by atoms with E-state index in [1.54, 1.807) is 0 Å². The molecule has 0 fully saturated rings. The summed E-state index contributed by atoms with van der Waals surface area (Å²) in [5.41, 5.74) is 3.53. The van der Waals surface area contributed by atoms with Crippen LogP contribution < -0.4 is 0 Å². The Morgan fingerprint density at radius 1 is 0.842 bits per heavy atom. The van der Waals surface area contributed by atoms with Gasteiger partial charge in [-0.2, -0.15) is 0 Å². The lowest BCUT2D eigenvalue weighted by molar-refractivity contribution is 0.209. The zero-order valence-corrected chi connectivity index (χ0v) is 25.1. The molecule has 0 saturated heterocycles. The number of aromatic nitrogens is 2. The highest BCUT2D eigenvalue weighted by Gasteiger charge is 2.46. The van der Waals surface area contributed by atoms with Gasteiger partial charge in [0.2, 0.25) is 0 Å². The maximum Gasteiger partial charge on any atom is 0.194 e. The zero-order valence-electron chi connectivity index (χ0n) is 23.4. The molecule has 4 aromatic rings. The maximum atomic E-state index is 6.89. The van der Waals surface area contributed by atoms with Gasteiger partial charge >= 0.3 is 0 Å². The lowest BCUT2D eigenvalue weighted by Gasteiger charge is -2.44. The molecule has 1 atom stereocenters. The second-order valence-electron chi connectivity index (χ2n) is 11.3. The van der Waals surface area contributed by atoms with Crippen molar-refractivity contribution in [1.29, 1.82) is 0 Å². The number of rotatable bonds is 10. The molecule has 0 aliphatic rings. The molecular formula is C33H39ClN2OSi. The smallest absolute Gasteiger partial charge is 0.194 e. The topological polar surface area (TPSA) is 27.1 Å². The van der Waals surface area contributed by atoms with Gasteiger partial charge in [0, 0.05) is 11.2 Å². The lowest BCUT2D eigenvalue weighted by Crippen LogP contribution is -2.46. The van der Waals surface area contributed by atoms with Crippen LogP contribution in [0, 0.1) is 5.92 Å². The molecule has 0 amide bonds. The van der Waals surface area contributed by atoms with Crippen LogP contribution in [0.5, 0.6) is 0 Å². The van der Waals surface area contributed by atoms with Crippen LogP contribution in [0.4, 0.5) is 0 Å². The predicted molar refractivity (Wildman–Crippen MR) is 162 cm³/mol. The number of benzene rings is 3. The van der Waals surface area contributed by atoms with Crippen LogP contribution in [-0.4, -0.2) is 17.9 Å². The Labute approximate surface area is 234 Å². The highest BCUT2D eigenvalue weighted by atomic mass is 35.5. The van der Waals surface area contributed by atoms with Crippen molar-refractivity contribution >= 4 is 19.9 Å². The minimum Gasteiger partial charge on any atom is -0.403 e. The van der Waals surface area contributed by atoms with E-state index >= 15 is 0 Å². The summed E-state index contributed by atoms with van der Waals surface area (Å²) >= 11 is 6.64. The first-order chi connectivity index (χ1) is 18.0. The van der Waals surface area contributed by atoms with Gasteiger partial charge in [0.25, 0.3) is 0 Å². The van der Waals surface area contributed by atoms with Crippen LogP contribution >= 0.6 is 11.6 Å². The molecule has 0 radical (unpaired) electrons. The summed E-state index contributed by atoms with van der Waals surface area (Å²) in [7, 11) is -2.23. The van der Waals surface area contributed by atoms with E-state index in [-0.39, 0.29) is 5.04 Å². The fourth-order valence-corrected chi connectivity index (χ4v) is 7.85. The van der Waals surface area contributed by atoms with E-state index in [9.17, 15) is 0 Å². The zero-order chi connectivity index (χ0) is 27.6. The van der Waals surface area contributed by atoms with Crippen LogP contribution in [-0.2, 0) is 9.96 Å². The maximum absolute atomic E-state index is 6.89. The number of hydrogen-bond donors (Lipinski definition) is 0. The summed E-state index contributed by atoms with van der Waals surface area (Å²) in [6, 6.07) is 31.7. The molecule has 0 spiro atoms. The predicted octanol–water partition coefficient (Wildman–Crippen LogP) is 9.17. The van der Waals surface area contributed by atoms with E-state index in [1.807, 2.05) is 24.5 Å². The van der Waals surface area contributed by atoms with E-state index in [2.05, 4.69) is 131 Å². The van der Waals surface area contributed by atoms with Gasteiger partial charge in [-0.15, -0.1) is 0 Å². The van der Waals surface area contributed by atoms with E-state index in [4.69, 9.17) is 21.0 Å². The van der Waals surface area contributed by atoms with Gasteiger partial charge in [-0.3, -0.25) is 0 Å². The Bertz CT molecular complexity index is 1250. The molecule has 0 saturated carbocycles. The lowest BCUT2D eigenvalue weighted by atomic mass is 9.77. The molecule has 1 heterocycles. The van der Waals surface area contributed by atoms with Gasteiger partial charge in [0.05, 0.1) is 12.0 Å². The Hall–Kier alpha value is -2.92. The van der Waals surface area contributed by atoms with Crippen LogP contribution in [0.1, 0.15) is 56.2 Å². The van der Waals surface area contributed by atoms with Crippen molar-refractivity contribution in [1.82, 2.24) is 9.55 Å². The van der Waals surface area contributed by atoms with Crippen molar-refractivity contribution < 1.29 is 4.43 Å². The van der Waals surface area contributed by atoms with Crippen molar-refractivity contribution in [3.63, 3.8) is 0 Å². The monoisotopic (exact) mass is 542 g/mol. The van der Waals surface area contributed by atoms with Gasteiger partial charge in [-0.05, 0) is 40.7 Å². The molecule has 38 heavy (non-hydrogen) atoms. The molecule has 4 rings (SSSR count). The molecule has 0 aliphatic heterocycles. The largest absolute Gasteiger partial charge is 0.403 e. The Morgan fingerprint density at radius 3 is 1.63 bits per heavy atom. The van der Waals surface area contributed by atoms with Crippen molar-refractivity contribution in [2.45, 2.75) is 57.5 Å². The van der Waals surface area contributed by atoms with E-state index in [0.717, 1.165) is 22.4 Å². The highest BCUT2D eigenvalue weighted by molar-refractivity contribution is 6.74. The number of imidazole rings is 1. The number of hydrogen-bond acceptors (Lipinski definition) is 2. The van der Waals surface area contributed by atoms with Gasteiger partial charge in [-0.1, -0.05) is 137 Å². The summed E-state index contributed by atoms with van der Waals surface area (Å²) in [6.07, 6.45) is 3.48. The molecule has 1 unspecified atom stereocenters. The minimum atomic E-state index is -2.23. The van der Waals surface area contributed by atoms with Crippen LogP contribution in [0.2, 0.25) is 18.1 Å². The van der Waals surface area contributed by atoms with Crippen molar-refractivity contribution in [3.05, 3.63) is 138 Å². The summed E-state index contributed by atoms with van der Waals surface area (Å²) in [5.74, 6) is 0.466. The third kappa shape index (κ3) is 5.05. The van der Waals surface area contributed by atoms with E-state index in [1.165, 1.54) is 0 Å². The minimum absolute atomic E-state index is 0.0298. The first kappa shape index (κ1) is 28.1. The molecule has 0 aliphatic carbocycles. The van der Waals surface area contributed by atoms with Crippen LogP contribution in [0.25, 0.3) is 0 Å². The second kappa shape index (κ2) is 11.1. The summed E-state index contributed by atoms with van der Waals surface area (Å²) in [4.78, 5) is 4.91. The summed E-state index contributed by atoms with van der Waals surface area (Å²) in [5, 5.41) is 0.474. The quantitative estimate of drug-likeness (QED) is 0.147. The number of halogens is 1. The van der Waals surface area contributed by atoms with Crippen LogP contribution in [0.3, 0.4) is 0 Å². The Kier molecular flexibility index (Phi) is 8.17. The average Bonchev–Trinajstić information content (AvgIpc) is 3.39. The van der Waals surface area contributed by atoms with E-state index < -0.39 is 20.0 Å². The molecule has 3 aromatic carbocycles. The Balaban J connectivity index is 1.91. The fourth-order valence-electron chi connectivity index (χ4n) is 5.07. The van der Waals surface area contributed by atoms with Gasteiger partial charge in [0.1, 0.15) is 11.6 Å². The third-order valence-corrected chi connectivity index (χ3v) is 13.2. The molecular weight excluding hydrogens is 504 g/mol. The van der Waals surface area contributed by atoms with Gasteiger partial charge < -0.3 is 8.99 Å². The normalized spacial score (nSPS) is 13.5. The highest BCUT2D eigenvalue weighted by Crippen LogP contribution is 2.48. The van der Waals surface area contributed by atoms with E-state index in [0.29, 0.717) is 11.0 Å². The van der Waals surface area contributed by atoms with Crippen molar-refractivity contribution in [3.8, 4) is 0 Å². The number of nitrogens with zero attached hydrogens (tertiary/aromatic N) is 2. The summed E-state index contributed by atoms with van der Waals surface area (Å²) in [6.45, 7) is 17.7. The molecule has 0 N–H and O–H groups in total. The molecule has 3 nitrogen and oxygen atoms in total. The average molecular weight is 543 g/mol. The Morgan fingerprint density at radius 2 is 1.26 bits per heavy atom. The standard InChI is InChI=1S/C33H39ClN2OSi/c1-25(2)32(4,5)38(6,7)37-31(26(3)34)30-23-36(24-35-30)33(27-17-11-8-12-18-27,28-19-13-9-14-20-28)29-21-15-10-16-22-29/h8-25,31H,3H2,1-2,4-7H3. The first-order valence-corrected chi connectivity index (χ1v) is 16.5. The van der Waals surface area contributed by atoms with Gasteiger partial charge in [0.15, 0.2) is 8.32 Å². The van der Waals surface area contributed by atoms with Crippen molar-refractivity contribution in [2.75, 3.05) is 0 Å². The fraction of sp³-hybridized carbons (Fsp3) is 0.303. The molecule has 198 valence electrons.